The highest BCUT2D eigenvalue weighted by Gasteiger charge is 2.08. The minimum Gasteiger partial charge on any atom is -0.316 e. The first kappa shape index (κ1) is 15.9. The molecule has 4 heteroatoms. The van der Waals surface area contributed by atoms with Crippen molar-refractivity contribution in [2.24, 2.45) is 11.8 Å². The van der Waals surface area contributed by atoms with E-state index in [0.717, 1.165) is 32.4 Å². The number of nitrogens with one attached hydrogen (secondary N) is 1. The Morgan fingerprint density at radius 1 is 1.19 bits per heavy atom. The molecule has 0 radical (unpaired) electrons. The zero-order valence-electron chi connectivity index (χ0n) is 11.1. The summed E-state index contributed by atoms with van der Waals surface area (Å²) in [5, 5.41) is 3.43. The van der Waals surface area contributed by atoms with Crippen molar-refractivity contribution in [2.75, 3.05) is 25.1 Å². The molecule has 0 aliphatic carbocycles. The zero-order valence-corrected chi connectivity index (χ0v) is 11.9. The van der Waals surface area contributed by atoms with E-state index < -0.39 is 9.84 Å². The van der Waals surface area contributed by atoms with Gasteiger partial charge in [-0.1, -0.05) is 27.2 Å². The van der Waals surface area contributed by atoms with Crippen LogP contribution in [0, 0.1) is 11.8 Å². The third-order valence-corrected chi connectivity index (χ3v) is 3.72. The Morgan fingerprint density at radius 2 is 1.81 bits per heavy atom. The lowest BCUT2D eigenvalue weighted by Gasteiger charge is -2.16. The van der Waals surface area contributed by atoms with Crippen LogP contribution < -0.4 is 5.32 Å². The Labute approximate surface area is 101 Å². The standard InChI is InChI=1S/C12H27NO2S/c1-5-12(10-13-9-11(2)3)7-6-8-16(4,14)15/h11-13H,5-10H2,1-4H3. The molecule has 16 heavy (non-hydrogen) atoms. The molecule has 0 saturated heterocycles. The molecular formula is C12H27NO2S. The molecular weight excluding hydrogens is 222 g/mol. The topological polar surface area (TPSA) is 46.2 Å². The van der Waals surface area contributed by atoms with Gasteiger partial charge >= 0.3 is 0 Å². The van der Waals surface area contributed by atoms with Crippen LogP contribution in [0.15, 0.2) is 0 Å². The molecule has 0 amide bonds. The van der Waals surface area contributed by atoms with Crippen molar-refractivity contribution in [3.8, 4) is 0 Å². The van der Waals surface area contributed by atoms with Crippen molar-refractivity contribution in [3.05, 3.63) is 0 Å². The van der Waals surface area contributed by atoms with Gasteiger partial charge in [-0.15, -0.1) is 0 Å². The van der Waals surface area contributed by atoms with E-state index in [0.29, 0.717) is 17.6 Å². The van der Waals surface area contributed by atoms with Gasteiger partial charge in [0.2, 0.25) is 0 Å². The lowest BCUT2D eigenvalue weighted by atomic mass is 10.0. The molecule has 0 rings (SSSR count). The first-order valence-corrected chi connectivity index (χ1v) is 8.29. The lowest BCUT2D eigenvalue weighted by molar-refractivity contribution is 0.413. The first-order chi connectivity index (χ1) is 7.35. The molecule has 1 unspecified atom stereocenters. The quantitative estimate of drug-likeness (QED) is 0.680. The second-order valence-corrected chi connectivity index (χ2v) is 7.36. The molecule has 0 aromatic heterocycles. The van der Waals surface area contributed by atoms with E-state index in [2.05, 4.69) is 26.1 Å². The lowest BCUT2D eigenvalue weighted by Crippen LogP contribution is -2.26. The van der Waals surface area contributed by atoms with Crippen LogP contribution >= 0.6 is 0 Å². The molecule has 0 heterocycles. The van der Waals surface area contributed by atoms with Crippen molar-refractivity contribution in [2.45, 2.75) is 40.0 Å². The van der Waals surface area contributed by atoms with Gasteiger partial charge in [-0.2, -0.15) is 0 Å². The second-order valence-electron chi connectivity index (χ2n) is 5.10. The van der Waals surface area contributed by atoms with E-state index in [-0.39, 0.29) is 0 Å². The van der Waals surface area contributed by atoms with Gasteiger partial charge in [0.05, 0.1) is 0 Å². The van der Waals surface area contributed by atoms with Crippen LogP contribution in [0.3, 0.4) is 0 Å². The van der Waals surface area contributed by atoms with Crippen LogP contribution in [0.1, 0.15) is 40.0 Å². The molecule has 0 aliphatic heterocycles. The van der Waals surface area contributed by atoms with E-state index in [9.17, 15) is 8.42 Å². The highest BCUT2D eigenvalue weighted by Crippen LogP contribution is 2.10. The second kappa shape index (κ2) is 8.07. The fraction of sp³-hybridized carbons (Fsp3) is 1.00. The molecule has 0 spiro atoms. The summed E-state index contributed by atoms with van der Waals surface area (Å²) >= 11 is 0. The monoisotopic (exact) mass is 249 g/mol. The molecule has 1 N–H and O–H groups in total. The SMILES string of the molecule is CCC(CCCS(C)(=O)=O)CNCC(C)C. The largest absolute Gasteiger partial charge is 0.316 e. The zero-order chi connectivity index (χ0) is 12.6. The Kier molecular flexibility index (Phi) is 8.02. The van der Waals surface area contributed by atoms with Gasteiger partial charge in [-0.3, -0.25) is 0 Å². The van der Waals surface area contributed by atoms with Crippen LogP contribution in [0.2, 0.25) is 0 Å². The molecule has 0 bridgehead atoms. The van der Waals surface area contributed by atoms with Gasteiger partial charge in [0, 0.05) is 12.0 Å². The summed E-state index contributed by atoms with van der Waals surface area (Å²) in [5.74, 6) is 1.61. The van der Waals surface area contributed by atoms with Crippen molar-refractivity contribution in [3.63, 3.8) is 0 Å². The number of rotatable bonds is 9. The molecule has 98 valence electrons. The third-order valence-electron chi connectivity index (χ3n) is 2.69. The first-order valence-electron chi connectivity index (χ1n) is 6.23. The van der Waals surface area contributed by atoms with Gasteiger partial charge in [-0.25, -0.2) is 8.42 Å². The highest BCUT2D eigenvalue weighted by molar-refractivity contribution is 7.90. The van der Waals surface area contributed by atoms with Crippen LogP contribution in [0.5, 0.6) is 0 Å². The molecule has 0 aliphatic rings. The fourth-order valence-electron chi connectivity index (χ4n) is 1.66. The third kappa shape index (κ3) is 10.4. The van der Waals surface area contributed by atoms with Gasteiger partial charge in [0.1, 0.15) is 9.84 Å². The summed E-state index contributed by atoms with van der Waals surface area (Å²) in [6.07, 6.45) is 4.23. The average molecular weight is 249 g/mol. The predicted octanol–water partition coefficient (Wildman–Crippen LogP) is 2.08. The maximum atomic E-state index is 11.0. The van der Waals surface area contributed by atoms with E-state index in [1.54, 1.807) is 0 Å². The molecule has 0 fully saturated rings. The van der Waals surface area contributed by atoms with Crippen molar-refractivity contribution < 1.29 is 8.42 Å². The van der Waals surface area contributed by atoms with E-state index in [4.69, 9.17) is 0 Å². The maximum absolute atomic E-state index is 11.0. The Bertz CT molecular complexity index is 260. The molecule has 0 aromatic rings. The smallest absolute Gasteiger partial charge is 0.147 e. The maximum Gasteiger partial charge on any atom is 0.147 e. The highest BCUT2D eigenvalue weighted by atomic mass is 32.2. The Hall–Kier alpha value is -0.0900. The van der Waals surface area contributed by atoms with Crippen LogP contribution in [-0.2, 0) is 9.84 Å². The predicted molar refractivity (Wildman–Crippen MR) is 70.4 cm³/mol. The van der Waals surface area contributed by atoms with E-state index in [1.807, 2.05) is 0 Å². The van der Waals surface area contributed by atoms with Crippen molar-refractivity contribution in [1.29, 1.82) is 0 Å². The minimum atomic E-state index is -2.78. The summed E-state index contributed by atoms with van der Waals surface area (Å²) in [6, 6.07) is 0. The fourth-order valence-corrected chi connectivity index (χ4v) is 2.35. The minimum absolute atomic E-state index is 0.327. The molecule has 0 aromatic carbocycles. The van der Waals surface area contributed by atoms with E-state index in [1.165, 1.54) is 6.26 Å². The summed E-state index contributed by atoms with van der Waals surface area (Å²) < 4.78 is 22.0. The average Bonchev–Trinajstić information content (AvgIpc) is 2.13. The van der Waals surface area contributed by atoms with Crippen molar-refractivity contribution in [1.82, 2.24) is 5.32 Å². The normalized spacial score (nSPS) is 14.3. The summed E-state index contributed by atoms with van der Waals surface area (Å²) in [5.41, 5.74) is 0. The molecule has 3 nitrogen and oxygen atoms in total. The Morgan fingerprint density at radius 3 is 2.25 bits per heavy atom. The van der Waals surface area contributed by atoms with E-state index >= 15 is 0 Å². The van der Waals surface area contributed by atoms with Crippen LogP contribution in [0.4, 0.5) is 0 Å². The Balaban J connectivity index is 3.67. The number of sulfone groups is 1. The van der Waals surface area contributed by atoms with Gasteiger partial charge in [0.15, 0.2) is 0 Å². The van der Waals surface area contributed by atoms with Crippen LogP contribution in [0.25, 0.3) is 0 Å². The number of hydrogen-bond acceptors (Lipinski definition) is 3. The molecule has 0 saturated carbocycles. The van der Waals surface area contributed by atoms with Gasteiger partial charge in [-0.05, 0) is 37.8 Å². The van der Waals surface area contributed by atoms with Crippen LogP contribution in [-0.4, -0.2) is 33.5 Å². The summed E-state index contributed by atoms with van der Waals surface area (Å²) in [7, 11) is -2.78. The van der Waals surface area contributed by atoms with Gasteiger partial charge < -0.3 is 5.32 Å². The summed E-state index contributed by atoms with van der Waals surface area (Å²) in [4.78, 5) is 0. The molecule has 1 atom stereocenters. The summed E-state index contributed by atoms with van der Waals surface area (Å²) in [6.45, 7) is 8.61. The van der Waals surface area contributed by atoms with Gasteiger partial charge in [0.25, 0.3) is 0 Å². The van der Waals surface area contributed by atoms with Crippen molar-refractivity contribution >= 4 is 9.84 Å². The number of hydrogen-bond donors (Lipinski definition) is 1.